The summed E-state index contributed by atoms with van der Waals surface area (Å²) < 4.78 is 26.6. The van der Waals surface area contributed by atoms with E-state index < -0.39 is 27.4 Å². The fourth-order valence-electron chi connectivity index (χ4n) is 2.16. The summed E-state index contributed by atoms with van der Waals surface area (Å²) in [6.07, 6.45) is 0. The van der Waals surface area contributed by atoms with E-state index in [4.69, 9.17) is 0 Å². The lowest BCUT2D eigenvalue weighted by Gasteiger charge is -2.17. The third kappa shape index (κ3) is 4.65. The highest BCUT2D eigenvalue weighted by Gasteiger charge is 2.23. The summed E-state index contributed by atoms with van der Waals surface area (Å²) in [5.74, 6) is -0.605. The molecule has 1 amide bonds. The first-order valence-corrected chi connectivity index (χ1v) is 9.61. The van der Waals surface area contributed by atoms with E-state index in [1.165, 1.54) is 37.4 Å². The molecule has 0 aliphatic heterocycles. The van der Waals surface area contributed by atoms with Crippen LogP contribution in [0.1, 0.15) is 5.56 Å². The molecule has 138 valence electrons. The highest BCUT2D eigenvalue weighted by atomic mass is 79.9. The third-order valence-electron chi connectivity index (χ3n) is 3.58. The molecule has 8 nitrogen and oxygen atoms in total. The maximum Gasteiger partial charge on any atom is 0.274 e. The minimum atomic E-state index is -3.83. The SMILES string of the molecule is Cc1ccc(NC(=O)CN(C)S(=O)(=O)c2ccc(Br)cc2)cc1[N+](=O)[O-]. The van der Waals surface area contributed by atoms with E-state index in [0.717, 1.165) is 8.78 Å². The largest absolute Gasteiger partial charge is 0.325 e. The molecule has 0 spiro atoms. The fourth-order valence-corrected chi connectivity index (χ4v) is 3.55. The van der Waals surface area contributed by atoms with E-state index in [1.807, 2.05) is 0 Å². The number of halogens is 1. The summed E-state index contributed by atoms with van der Waals surface area (Å²) in [6, 6.07) is 10.3. The molecule has 26 heavy (non-hydrogen) atoms. The van der Waals surface area contributed by atoms with Gasteiger partial charge in [-0.25, -0.2) is 8.42 Å². The molecule has 0 saturated carbocycles. The second kappa shape index (κ2) is 7.94. The van der Waals surface area contributed by atoms with Crippen molar-refractivity contribution in [3.05, 3.63) is 62.6 Å². The number of sulfonamides is 1. The van der Waals surface area contributed by atoms with Gasteiger partial charge in [0.05, 0.1) is 16.4 Å². The molecular weight excluding hydrogens is 426 g/mol. The lowest BCUT2D eigenvalue weighted by atomic mass is 10.2. The molecule has 2 aromatic carbocycles. The standard InChI is InChI=1S/C16H16BrN3O5S/c1-11-3-6-13(9-15(11)20(22)23)18-16(21)10-19(2)26(24,25)14-7-4-12(17)5-8-14/h3-9H,10H2,1-2H3,(H,18,21). The van der Waals surface area contributed by atoms with Gasteiger partial charge in [-0.2, -0.15) is 4.31 Å². The number of nitrogens with zero attached hydrogens (tertiary/aromatic N) is 2. The zero-order chi connectivity index (χ0) is 19.5. The van der Waals surface area contributed by atoms with Gasteiger partial charge in [0.25, 0.3) is 5.69 Å². The Kier molecular flexibility index (Phi) is 6.11. The van der Waals surface area contributed by atoms with Gasteiger partial charge in [0.2, 0.25) is 15.9 Å². The smallest absolute Gasteiger partial charge is 0.274 e. The minimum Gasteiger partial charge on any atom is -0.325 e. The first kappa shape index (κ1) is 20.0. The molecule has 0 aliphatic carbocycles. The molecule has 0 heterocycles. The molecule has 0 atom stereocenters. The third-order valence-corrected chi connectivity index (χ3v) is 5.92. The highest BCUT2D eigenvalue weighted by molar-refractivity contribution is 9.10. The average Bonchev–Trinajstić information content (AvgIpc) is 2.56. The number of rotatable bonds is 6. The number of aryl methyl sites for hydroxylation is 1. The Morgan fingerprint density at radius 3 is 2.42 bits per heavy atom. The zero-order valence-electron chi connectivity index (χ0n) is 14.0. The molecule has 0 aromatic heterocycles. The predicted octanol–water partition coefficient (Wildman–Crippen LogP) is 2.92. The van der Waals surface area contributed by atoms with Gasteiger partial charge in [0.15, 0.2) is 0 Å². The van der Waals surface area contributed by atoms with Crippen LogP contribution in [0.5, 0.6) is 0 Å². The van der Waals surface area contributed by atoms with E-state index >= 15 is 0 Å². The molecule has 0 fully saturated rings. The minimum absolute atomic E-state index is 0.0574. The van der Waals surface area contributed by atoms with E-state index in [0.29, 0.717) is 5.56 Å². The number of hydrogen-bond donors (Lipinski definition) is 1. The lowest BCUT2D eigenvalue weighted by Crippen LogP contribution is -2.34. The van der Waals surface area contributed by atoms with Crippen molar-refractivity contribution >= 4 is 43.2 Å². The number of nitrogens with one attached hydrogen (secondary N) is 1. The topological polar surface area (TPSA) is 110 Å². The van der Waals surface area contributed by atoms with Gasteiger partial charge in [-0.15, -0.1) is 0 Å². The Morgan fingerprint density at radius 2 is 1.85 bits per heavy atom. The van der Waals surface area contributed by atoms with Crippen LogP contribution in [0.4, 0.5) is 11.4 Å². The van der Waals surface area contributed by atoms with Crippen molar-refractivity contribution in [2.24, 2.45) is 0 Å². The van der Waals surface area contributed by atoms with Gasteiger partial charge in [-0.05, 0) is 37.3 Å². The van der Waals surface area contributed by atoms with E-state index in [1.54, 1.807) is 19.1 Å². The monoisotopic (exact) mass is 441 g/mol. The van der Waals surface area contributed by atoms with Crippen LogP contribution in [0.25, 0.3) is 0 Å². The molecule has 0 saturated heterocycles. The van der Waals surface area contributed by atoms with Crippen LogP contribution in [0.2, 0.25) is 0 Å². The van der Waals surface area contributed by atoms with E-state index in [2.05, 4.69) is 21.2 Å². The first-order valence-electron chi connectivity index (χ1n) is 7.38. The predicted molar refractivity (Wildman–Crippen MR) is 100 cm³/mol. The number of carbonyl (C=O) groups excluding carboxylic acids is 1. The van der Waals surface area contributed by atoms with Gasteiger partial charge in [0.1, 0.15) is 0 Å². The highest BCUT2D eigenvalue weighted by Crippen LogP contribution is 2.22. The van der Waals surface area contributed by atoms with Crippen molar-refractivity contribution in [2.45, 2.75) is 11.8 Å². The van der Waals surface area contributed by atoms with Gasteiger partial charge in [-0.1, -0.05) is 22.0 Å². The Bertz CT molecular complexity index is 945. The maximum atomic E-state index is 12.5. The van der Waals surface area contributed by atoms with Crippen LogP contribution in [0.15, 0.2) is 51.8 Å². The van der Waals surface area contributed by atoms with Crippen molar-refractivity contribution in [3.63, 3.8) is 0 Å². The molecule has 0 unspecified atom stereocenters. The van der Waals surface area contributed by atoms with E-state index in [-0.39, 0.29) is 16.3 Å². The number of amides is 1. The summed E-state index contributed by atoms with van der Waals surface area (Å²) in [7, 11) is -2.54. The van der Waals surface area contributed by atoms with Gasteiger partial charge < -0.3 is 5.32 Å². The number of benzene rings is 2. The number of anilines is 1. The lowest BCUT2D eigenvalue weighted by molar-refractivity contribution is -0.385. The van der Waals surface area contributed by atoms with Crippen molar-refractivity contribution in [1.82, 2.24) is 4.31 Å². The van der Waals surface area contributed by atoms with Crippen molar-refractivity contribution in [3.8, 4) is 0 Å². The van der Waals surface area contributed by atoms with Crippen LogP contribution >= 0.6 is 15.9 Å². The Labute approximate surface area is 159 Å². The molecule has 2 rings (SSSR count). The number of carbonyl (C=O) groups is 1. The zero-order valence-corrected chi connectivity index (χ0v) is 16.4. The fraction of sp³-hybridized carbons (Fsp3) is 0.188. The summed E-state index contributed by atoms with van der Waals surface area (Å²) in [5.41, 5.74) is 0.559. The molecule has 0 radical (unpaired) electrons. The van der Waals surface area contributed by atoms with Gasteiger partial charge >= 0.3 is 0 Å². The Balaban J connectivity index is 2.11. The van der Waals surface area contributed by atoms with Crippen LogP contribution in [-0.4, -0.2) is 37.1 Å². The number of nitro benzene ring substituents is 1. The second-order valence-corrected chi connectivity index (χ2v) is 8.48. The van der Waals surface area contributed by atoms with Crippen molar-refractivity contribution in [1.29, 1.82) is 0 Å². The maximum absolute atomic E-state index is 12.5. The number of nitro groups is 1. The molecule has 0 aliphatic rings. The normalized spacial score (nSPS) is 11.4. The Hall–Kier alpha value is -2.30. The summed E-state index contributed by atoms with van der Waals surface area (Å²) in [5, 5.41) is 13.4. The quantitative estimate of drug-likeness (QED) is 0.547. The number of hydrogen-bond acceptors (Lipinski definition) is 5. The van der Waals surface area contributed by atoms with Crippen LogP contribution < -0.4 is 5.32 Å². The summed E-state index contributed by atoms with van der Waals surface area (Å²) in [6.45, 7) is 1.16. The molecular formula is C16H16BrN3O5S. The Morgan fingerprint density at radius 1 is 1.23 bits per heavy atom. The average molecular weight is 442 g/mol. The molecule has 2 aromatic rings. The first-order chi connectivity index (χ1) is 12.1. The van der Waals surface area contributed by atoms with Crippen molar-refractivity contribution in [2.75, 3.05) is 18.9 Å². The molecule has 1 N–H and O–H groups in total. The van der Waals surface area contributed by atoms with Gasteiger partial charge in [0, 0.05) is 28.8 Å². The van der Waals surface area contributed by atoms with Crippen LogP contribution in [-0.2, 0) is 14.8 Å². The summed E-state index contributed by atoms with van der Waals surface area (Å²) >= 11 is 3.23. The molecule has 0 bridgehead atoms. The number of likely N-dealkylation sites (N-methyl/N-ethyl adjacent to an activating group) is 1. The van der Waals surface area contributed by atoms with Gasteiger partial charge in [-0.3, -0.25) is 14.9 Å². The van der Waals surface area contributed by atoms with Crippen LogP contribution in [0.3, 0.4) is 0 Å². The van der Waals surface area contributed by atoms with Crippen molar-refractivity contribution < 1.29 is 18.1 Å². The summed E-state index contributed by atoms with van der Waals surface area (Å²) in [4.78, 5) is 22.6. The second-order valence-electron chi connectivity index (χ2n) is 5.52. The van der Waals surface area contributed by atoms with Crippen LogP contribution in [0, 0.1) is 17.0 Å². The van der Waals surface area contributed by atoms with E-state index in [9.17, 15) is 23.3 Å². The molecule has 10 heteroatoms.